The molecular formula is C38H35F3N2O3S2. The lowest BCUT2D eigenvalue weighted by molar-refractivity contribution is 0.0849. The molecule has 0 aliphatic carbocycles. The fourth-order valence-electron chi connectivity index (χ4n) is 6.18. The van der Waals surface area contributed by atoms with Gasteiger partial charge in [-0.2, -0.15) is 17.4 Å². The average molecular weight is 689 g/mol. The third-order valence-electron chi connectivity index (χ3n) is 8.48. The van der Waals surface area contributed by atoms with Crippen LogP contribution in [0.2, 0.25) is 0 Å². The monoisotopic (exact) mass is 688 g/mol. The molecule has 0 unspecified atom stereocenters. The number of thioether (sulfide) groups is 1. The number of benzene rings is 5. The standard InChI is InChI=1S/C38H35F3N2O3S2/c39-35-23-37(41)36(40)21-29(35)26-46-27-33-22-34(25-43(33)48(44,45)42-24-28-13-5-1-6-14-28)47-38(30-15-7-2-8-16-30,31-17-9-3-10-18-31)32-19-11-4-12-20-32/h1-21,23,33-34,42H,22,24-27H2/t33-,34+/m0/s1. The second kappa shape index (κ2) is 15.1. The second-order valence-corrected chi connectivity index (χ2v) is 14.9. The van der Waals surface area contributed by atoms with Crippen LogP contribution in [-0.4, -0.2) is 37.2 Å². The van der Waals surface area contributed by atoms with Gasteiger partial charge in [-0.3, -0.25) is 0 Å². The first-order valence-electron chi connectivity index (χ1n) is 15.6. The molecule has 0 saturated carbocycles. The fourth-order valence-corrected chi connectivity index (χ4v) is 9.58. The zero-order valence-corrected chi connectivity index (χ0v) is 27.6. The molecule has 0 bridgehead atoms. The average Bonchev–Trinajstić information content (AvgIpc) is 3.53. The van der Waals surface area contributed by atoms with Gasteiger partial charge >= 0.3 is 0 Å². The third-order valence-corrected chi connectivity index (χ3v) is 11.8. The maximum absolute atomic E-state index is 14.4. The van der Waals surface area contributed by atoms with Gasteiger partial charge in [0.05, 0.1) is 24.0 Å². The quantitative estimate of drug-likeness (QED) is 0.101. The summed E-state index contributed by atoms with van der Waals surface area (Å²) < 4.78 is 78.9. The van der Waals surface area contributed by atoms with Gasteiger partial charge in [0.1, 0.15) is 5.82 Å². The summed E-state index contributed by atoms with van der Waals surface area (Å²) in [4.78, 5) is 0. The third kappa shape index (κ3) is 7.53. The molecule has 5 aromatic rings. The van der Waals surface area contributed by atoms with Gasteiger partial charge < -0.3 is 4.74 Å². The van der Waals surface area contributed by atoms with Crippen LogP contribution in [0.4, 0.5) is 13.2 Å². The van der Waals surface area contributed by atoms with Crippen molar-refractivity contribution < 1.29 is 26.3 Å². The molecule has 48 heavy (non-hydrogen) atoms. The molecule has 1 saturated heterocycles. The summed E-state index contributed by atoms with van der Waals surface area (Å²) in [5.41, 5.74) is 3.82. The first-order chi connectivity index (χ1) is 23.3. The molecule has 0 spiro atoms. The van der Waals surface area contributed by atoms with Crippen LogP contribution in [0.25, 0.3) is 0 Å². The van der Waals surface area contributed by atoms with Crippen LogP contribution in [0.1, 0.15) is 34.2 Å². The van der Waals surface area contributed by atoms with Crippen molar-refractivity contribution in [3.05, 3.63) is 179 Å². The number of halogens is 3. The highest BCUT2D eigenvalue weighted by Crippen LogP contribution is 2.52. The maximum Gasteiger partial charge on any atom is 0.280 e. The van der Waals surface area contributed by atoms with E-state index in [1.807, 2.05) is 84.9 Å². The number of rotatable bonds is 13. The van der Waals surface area contributed by atoms with E-state index in [0.717, 1.165) is 28.3 Å². The van der Waals surface area contributed by atoms with E-state index >= 15 is 0 Å². The van der Waals surface area contributed by atoms with Crippen molar-refractivity contribution in [3.8, 4) is 0 Å². The molecule has 0 radical (unpaired) electrons. The van der Waals surface area contributed by atoms with Gasteiger partial charge in [0, 0.05) is 30.0 Å². The highest BCUT2D eigenvalue weighted by molar-refractivity contribution is 8.01. The number of nitrogens with zero attached hydrogens (tertiary/aromatic N) is 1. The van der Waals surface area contributed by atoms with Crippen LogP contribution < -0.4 is 4.72 Å². The number of nitrogens with one attached hydrogen (secondary N) is 1. The van der Waals surface area contributed by atoms with E-state index in [9.17, 15) is 21.6 Å². The summed E-state index contributed by atoms with van der Waals surface area (Å²) in [5.74, 6) is -3.39. The van der Waals surface area contributed by atoms with E-state index in [0.29, 0.717) is 12.5 Å². The Labute approximate surface area is 284 Å². The molecule has 5 aromatic carbocycles. The molecule has 0 aromatic heterocycles. The van der Waals surface area contributed by atoms with E-state index in [4.69, 9.17) is 4.74 Å². The summed E-state index contributed by atoms with van der Waals surface area (Å²) in [6.45, 7) is -0.120. The summed E-state index contributed by atoms with van der Waals surface area (Å²) >= 11 is 1.69. The fraction of sp³-hybridized carbons (Fsp3) is 0.211. The van der Waals surface area contributed by atoms with E-state index in [1.54, 1.807) is 11.8 Å². The first kappa shape index (κ1) is 34.0. The second-order valence-electron chi connectivity index (χ2n) is 11.7. The summed E-state index contributed by atoms with van der Waals surface area (Å²) in [6, 6.07) is 40.4. The van der Waals surface area contributed by atoms with Gasteiger partial charge in [-0.05, 0) is 34.7 Å². The van der Waals surface area contributed by atoms with Gasteiger partial charge in [0.2, 0.25) is 0 Å². The van der Waals surface area contributed by atoms with Gasteiger partial charge in [-0.1, -0.05) is 121 Å². The largest absolute Gasteiger partial charge is 0.375 e. The van der Waals surface area contributed by atoms with Gasteiger partial charge in [0.15, 0.2) is 11.6 Å². The Balaban J connectivity index is 1.32. The predicted molar refractivity (Wildman–Crippen MR) is 184 cm³/mol. The Kier molecular flexibility index (Phi) is 10.7. The van der Waals surface area contributed by atoms with Crippen molar-refractivity contribution in [2.75, 3.05) is 13.2 Å². The first-order valence-corrected chi connectivity index (χ1v) is 17.9. The topological polar surface area (TPSA) is 58.6 Å². The Morgan fingerprint density at radius 3 is 1.77 bits per heavy atom. The minimum absolute atomic E-state index is 0.0727. The van der Waals surface area contributed by atoms with Crippen LogP contribution in [0.5, 0.6) is 0 Å². The molecule has 10 heteroatoms. The minimum Gasteiger partial charge on any atom is -0.375 e. The van der Waals surface area contributed by atoms with Crippen molar-refractivity contribution in [2.45, 2.75) is 35.6 Å². The normalized spacial score (nSPS) is 17.1. The Hall–Kier alpha value is -3.93. The van der Waals surface area contributed by atoms with Crippen molar-refractivity contribution in [1.82, 2.24) is 9.03 Å². The molecule has 1 heterocycles. The molecule has 5 nitrogen and oxygen atoms in total. The molecule has 1 N–H and O–H groups in total. The van der Waals surface area contributed by atoms with Gasteiger partial charge in [-0.15, -0.1) is 11.8 Å². The summed E-state index contributed by atoms with van der Waals surface area (Å²) in [6.07, 6.45) is 0.436. The van der Waals surface area contributed by atoms with Crippen molar-refractivity contribution in [3.63, 3.8) is 0 Å². The van der Waals surface area contributed by atoms with Crippen LogP contribution in [0.15, 0.2) is 133 Å². The molecular weight excluding hydrogens is 654 g/mol. The van der Waals surface area contributed by atoms with E-state index in [-0.39, 0.29) is 37.1 Å². The zero-order valence-electron chi connectivity index (χ0n) is 26.0. The van der Waals surface area contributed by atoms with Gasteiger partial charge in [0.25, 0.3) is 10.2 Å². The smallest absolute Gasteiger partial charge is 0.280 e. The SMILES string of the molecule is O=S(=O)(NCc1ccccc1)N1C[C@H](SC(c2ccccc2)(c2ccccc2)c2ccccc2)C[C@H]1COCc1cc(F)c(F)cc1F. The minimum atomic E-state index is -4.00. The molecule has 0 amide bonds. The van der Waals surface area contributed by atoms with Crippen LogP contribution >= 0.6 is 11.8 Å². The molecule has 248 valence electrons. The maximum atomic E-state index is 14.4. The van der Waals surface area contributed by atoms with Crippen LogP contribution in [0, 0.1) is 17.5 Å². The van der Waals surface area contributed by atoms with Crippen molar-refractivity contribution >= 4 is 22.0 Å². The summed E-state index contributed by atoms with van der Waals surface area (Å²) in [5, 5.41) is -0.187. The van der Waals surface area contributed by atoms with E-state index < -0.39 is 38.4 Å². The lowest BCUT2D eigenvalue weighted by Gasteiger charge is -2.37. The van der Waals surface area contributed by atoms with Gasteiger partial charge in [-0.25, -0.2) is 13.2 Å². The highest BCUT2D eigenvalue weighted by Gasteiger charge is 2.46. The van der Waals surface area contributed by atoms with E-state index in [2.05, 4.69) is 41.1 Å². The lowest BCUT2D eigenvalue weighted by Crippen LogP contribution is -2.45. The molecule has 2 atom stereocenters. The molecule has 1 aliphatic heterocycles. The Bertz CT molecular complexity index is 1810. The highest BCUT2D eigenvalue weighted by atomic mass is 32.2. The zero-order chi connectivity index (χ0) is 33.6. The Morgan fingerprint density at radius 2 is 1.23 bits per heavy atom. The molecule has 6 rings (SSSR count). The van der Waals surface area contributed by atoms with Crippen LogP contribution in [-0.2, 0) is 32.8 Å². The Morgan fingerprint density at radius 1 is 0.729 bits per heavy atom. The molecule has 1 aliphatic rings. The predicted octanol–water partition coefficient (Wildman–Crippen LogP) is 7.82. The lowest BCUT2D eigenvalue weighted by atomic mass is 9.84. The number of ether oxygens (including phenoxy) is 1. The number of hydrogen-bond acceptors (Lipinski definition) is 4. The molecule has 1 fully saturated rings. The van der Waals surface area contributed by atoms with Crippen LogP contribution in [0.3, 0.4) is 0 Å². The van der Waals surface area contributed by atoms with Crippen molar-refractivity contribution in [1.29, 1.82) is 0 Å². The van der Waals surface area contributed by atoms with E-state index in [1.165, 1.54) is 4.31 Å². The number of hydrogen-bond donors (Lipinski definition) is 1. The summed E-state index contributed by atoms with van der Waals surface area (Å²) in [7, 11) is -4.00. The van der Waals surface area contributed by atoms with Crippen molar-refractivity contribution in [2.24, 2.45) is 0 Å².